The first-order chi connectivity index (χ1) is 20.2. The normalized spacial score (nSPS) is 22.7. The number of morpholine rings is 1. The topological polar surface area (TPSA) is 95.3 Å². The predicted molar refractivity (Wildman–Crippen MR) is 150 cm³/mol. The third-order valence-electron chi connectivity index (χ3n) is 8.28. The highest BCUT2D eigenvalue weighted by molar-refractivity contribution is 7.18. The number of hydrogen-bond acceptors (Lipinski definition) is 6. The Morgan fingerprint density at radius 1 is 1.02 bits per heavy atom. The molecule has 7 nitrogen and oxygen atoms in total. The van der Waals surface area contributed by atoms with Crippen LogP contribution in [0.3, 0.4) is 0 Å². The molecule has 1 aromatic heterocycles. The van der Waals surface area contributed by atoms with Crippen LogP contribution in [0.1, 0.15) is 54.1 Å². The lowest BCUT2D eigenvalue weighted by Gasteiger charge is -2.35. The quantitative estimate of drug-likeness (QED) is 0.391. The molecule has 11 heteroatoms. The van der Waals surface area contributed by atoms with Crippen molar-refractivity contribution in [3.8, 4) is 27.1 Å². The highest BCUT2D eigenvalue weighted by Gasteiger charge is 2.51. The van der Waals surface area contributed by atoms with E-state index in [-0.39, 0.29) is 18.7 Å². The van der Waals surface area contributed by atoms with Crippen LogP contribution in [0.15, 0.2) is 48.5 Å². The van der Waals surface area contributed by atoms with E-state index in [1.165, 1.54) is 23.5 Å². The van der Waals surface area contributed by atoms with E-state index in [0.29, 0.717) is 65.9 Å². The number of alkyl halides is 2. The number of halogens is 3. The third-order valence-corrected chi connectivity index (χ3v) is 9.45. The molecule has 2 amide bonds. The second-order valence-electron chi connectivity index (χ2n) is 11.2. The molecule has 0 bridgehead atoms. The van der Waals surface area contributed by atoms with Gasteiger partial charge in [0.25, 0.3) is 5.91 Å². The second-order valence-corrected chi connectivity index (χ2v) is 12.2. The molecule has 1 aliphatic heterocycles. The van der Waals surface area contributed by atoms with Gasteiger partial charge in [-0.05, 0) is 61.2 Å². The number of rotatable bonds is 6. The Morgan fingerprint density at radius 3 is 2.33 bits per heavy atom. The van der Waals surface area contributed by atoms with Gasteiger partial charge in [0.1, 0.15) is 16.4 Å². The average Bonchev–Trinajstić information content (AvgIpc) is 3.64. The summed E-state index contributed by atoms with van der Waals surface area (Å²) in [4.78, 5) is 33.7. The molecule has 6 rings (SSSR count). The fourth-order valence-corrected chi connectivity index (χ4v) is 6.82. The number of aromatic nitrogens is 1. The lowest BCUT2D eigenvalue weighted by Crippen LogP contribution is -2.45. The Balaban J connectivity index is 1.37. The summed E-state index contributed by atoms with van der Waals surface area (Å²) < 4.78 is 48.4. The summed E-state index contributed by atoms with van der Waals surface area (Å²) in [5.74, 6) is -5.77. The minimum atomic E-state index is -3.01. The number of carbonyl (C=O) groups excluding carboxylic acids is 2. The molecule has 3 aliphatic rings. The van der Waals surface area contributed by atoms with E-state index in [4.69, 9.17) is 9.72 Å². The number of nitrogens with zero attached hydrogens (tertiary/aromatic N) is 3. The average molecular weight is 595 g/mol. The van der Waals surface area contributed by atoms with E-state index < -0.39 is 41.4 Å². The molecule has 2 unspecified atom stereocenters. The summed E-state index contributed by atoms with van der Waals surface area (Å²) in [5, 5.41) is 12.8. The lowest BCUT2D eigenvalue weighted by atomic mass is 9.74. The fraction of sp³-hybridized carbons (Fsp3) is 0.419. The van der Waals surface area contributed by atoms with Gasteiger partial charge in [-0.25, -0.2) is 18.2 Å². The van der Waals surface area contributed by atoms with E-state index in [1.807, 2.05) is 0 Å². The number of benzene rings is 2. The number of amides is 2. The van der Waals surface area contributed by atoms with E-state index in [9.17, 15) is 28.0 Å². The van der Waals surface area contributed by atoms with Gasteiger partial charge in [-0.2, -0.15) is 5.26 Å². The van der Waals surface area contributed by atoms with Crippen molar-refractivity contribution in [2.24, 2.45) is 5.92 Å². The standard InChI is InChI=1S/C31H29F3N4O3S/c32-22-7-5-20(6-8-22)28-36-25(23-9-10-31(33,34)17-24(23)27(39)37-30(18-35)11-12-30)26(42-28)19-1-3-21(4-2-19)29(40)38-13-15-41-16-14-38/h1-8,23-24H,9-17H2,(H,37,39). The first-order valence-corrected chi connectivity index (χ1v) is 14.8. The summed E-state index contributed by atoms with van der Waals surface area (Å²) in [5.41, 5.74) is 1.45. The van der Waals surface area contributed by atoms with Crippen LogP contribution in [0.5, 0.6) is 0 Å². The maximum Gasteiger partial charge on any atom is 0.254 e. The molecule has 2 aliphatic carbocycles. The minimum Gasteiger partial charge on any atom is -0.378 e. The summed E-state index contributed by atoms with van der Waals surface area (Å²) in [7, 11) is 0. The van der Waals surface area contributed by atoms with Crippen molar-refractivity contribution in [2.45, 2.75) is 49.5 Å². The Hall–Kier alpha value is -3.75. The molecule has 2 heterocycles. The predicted octanol–water partition coefficient (Wildman–Crippen LogP) is 5.78. The van der Waals surface area contributed by atoms with E-state index in [1.54, 1.807) is 41.3 Å². The molecule has 3 aromatic rings. The Bertz CT molecular complexity index is 1520. The maximum atomic E-state index is 14.7. The van der Waals surface area contributed by atoms with Crippen molar-refractivity contribution < 1.29 is 27.5 Å². The van der Waals surface area contributed by atoms with Crippen molar-refractivity contribution >= 4 is 23.2 Å². The molecule has 0 spiro atoms. The summed E-state index contributed by atoms with van der Waals surface area (Å²) in [6, 6.07) is 15.1. The molecule has 2 saturated carbocycles. The SMILES string of the molecule is N#CC1(NC(=O)C2CC(F)(F)CCC2c2nc(-c3ccc(F)cc3)sc2-c2ccc(C(=O)N3CCOCC3)cc2)CC1. The molecule has 2 atom stereocenters. The molecule has 1 saturated heterocycles. The van der Waals surface area contributed by atoms with Gasteiger partial charge in [-0.3, -0.25) is 9.59 Å². The second kappa shape index (κ2) is 11.2. The van der Waals surface area contributed by atoms with Crippen molar-refractivity contribution in [3.63, 3.8) is 0 Å². The number of thiazole rings is 1. The van der Waals surface area contributed by atoms with Gasteiger partial charge in [0.2, 0.25) is 11.8 Å². The molecule has 218 valence electrons. The molecule has 3 fully saturated rings. The van der Waals surface area contributed by atoms with Crippen LogP contribution in [-0.2, 0) is 9.53 Å². The largest absolute Gasteiger partial charge is 0.378 e. The lowest BCUT2D eigenvalue weighted by molar-refractivity contribution is -0.134. The van der Waals surface area contributed by atoms with Crippen molar-refractivity contribution in [1.82, 2.24) is 15.2 Å². The van der Waals surface area contributed by atoms with Crippen LogP contribution in [-0.4, -0.2) is 59.5 Å². The van der Waals surface area contributed by atoms with E-state index >= 15 is 0 Å². The first-order valence-electron chi connectivity index (χ1n) is 14.0. The van der Waals surface area contributed by atoms with Crippen molar-refractivity contribution in [1.29, 1.82) is 5.26 Å². The Kier molecular flexibility index (Phi) is 7.53. The monoisotopic (exact) mass is 594 g/mol. The number of carbonyl (C=O) groups is 2. The zero-order valence-corrected chi connectivity index (χ0v) is 23.6. The Labute approximate surface area is 245 Å². The number of ether oxygens (including phenoxy) is 1. The van der Waals surface area contributed by atoms with Crippen LogP contribution in [0.2, 0.25) is 0 Å². The van der Waals surface area contributed by atoms with E-state index in [2.05, 4.69) is 11.4 Å². The van der Waals surface area contributed by atoms with Gasteiger partial charge in [-0.1, -0.05) is 12.1 Å². The van der Waals surface area contributed by atoms with Gasteiger partial charge >= 0.3 is 0 Å². The van der Waals surface area contributed by atoms with Gasteiger partial charge in [0, 0.05) is 43.0 Å². The molecular formula is C31H29F3N4O3S. The maximum absolute atomic E-state index is 14.7. The van der Waals surface area contributed by atoms with Crippen molar-refractivity contribution in [3.05, 3.63) is 65.6 Å². The highest BCUT2D eigenvalue weighted by atomic mass is 32.1. The van der Waals surface area contributed by atoms with E-state index in [0.717, 1.165) is 5.56 Å². The molecule has 42 heavy (non-hydrogen) atoms. The third kappa shape index (κ3) is 5.78. The highest BCUT2D eigenvalue weighted by Crippen LogP contribution is 2.50. The van der Waals surface area contributed by atoms with Crippen LogP contribution >= 0.6 is 11.3 Å². The summed E-state index contributed by atoms with van der Waals surface area (Å²) in [6.45, 7) is 2.02. The van der Waals surface area contributed by atoms with Gasteiger partial charge in [0.05, 0.1) is 35.8 Å². The number of nitriles is 1. The van der Waals surface area contributed by atoms with Gasteiger partial charge in [-0.15, -0.1) is 11.3 Å². The minimum absolute atomic E-state index is 0.0395. The van der Waals surface area contributed by atoms with Crippen LogP contribution in [0.4, 0.5) is 13.2 Å². The molecule has 0 radical (unpaired) electrons. The first kappa shape index (κ1) is 28.4. The number of hydrogen-bond donors (Lipinski definition) is 1. The molecule has 2 aromatic carbocycles. The zero-order valence-electron chi connectivity index (χ0n) is 22.7. The number of nitrogens with one attached hydrogen (secondary N) is 1. The Morgan fingerprint density at radius 2 is 1.69 bits per heavy atom. The van der Waals surface area contributed by atoms with Gasteiger partial charge in [0.15, 0.2) is 0 Å². The fourth-order valence-electron chi connectivity index (χ4n) is 5.67. The van der Waals surface area contributed by atoms with Crippen LogP contribution in [0.25, 0.3) is 21.0 Å². The van der Waals surface area contributed by atoms with Crippen LogP contribution < -0.4 is 5.32 Å². The van der Waals surface area contributed by atoms with Crippen molar-refractivity contribution in [2.75, 3.05) is 26.3 Å². The zero-order chi connectivity index (χ0) is 29.5. The summed E-state index contributed by atoms with van der Waals surface area (Å²) in [6.07, 6.45) is 0.00374. The van der Waals surface area contributed by atoms with Crippen LogP contribution in [0, 0.1) is 23.1 Å². The molecular weight excluding hydrogens is 565 g/mol. The summed E-state index contributed by atoms with van der Waals surface area (Å²) >= 11 is 1.33. The molecule has 1 N–H and O–H groups in total. The van der Waals surface area contributed by atoms with Gasteiger partial charge < -0.3 is 15.0 Å². The smallest absolute Gasteiger partial charge is 0.254 e.